The third-order valence-corrected chi connectivity index (χ3v) is 3.94. The number of urea groups is 1. The zero-order valence-electron chi connectivity index (χ0n) is 13.6. The van der Waals surface area contributed by atoms with Crippen molar-refractivity contribution < 1.29 is 9.32 Å². The fourth-order valence-corrected chi connectivity index (χ4v) is 2.41. The van der Waals surface area contributed by atoms with Gasteiger partial charge in [-0.05, 0) is 35.9 Å². The molecule has 0 aliphatic carbocycles. The fraction of sp³-hybridized carbons (Fsp3) is 0.167. The van der Waals surface area contributed by atoms with Crippen molar-refractivity contribution in [1.82, 2.24) is 15.5 Å². The van der Waals surface area contributed by atoms with E-state index in [0.717, 1.165) is 11.1 Å². The predicted octanol–water partition coefficient (Wildman–Crippen LogP) is 4.27. The molecule has 7 heteroatoms. The standard InChI is InChI=1S/C18H17ClN4O2/c1-2-16-22-17(23-25-16)12-7-9-14(10-8-12)21-18(24)20-11-13-5-3-4-6-15(13)19/h3-10H,2,11H2,1H3,(H2,20,21,24). The fourth-order valence-electron chi connectivity index (χ4n) is 2.21. The van der Waals surface area contributed by atoms with Crippen LogP contribution in [0, 0.1) is 0 Å². The third-order valence-electron chi connectivity index (χ3n) is 3.57. The van der Waals surface area contributed by atoms with E-state index in [0.29, 0.717) is 35.4 Å². The van der Waals surface area contributed by atoms with Crippen LogP contribution in [0.15, 0.2) is 53.1 Å². The maximum atomic E-state index is 12.0. The molecule has 0 saturated heterocycles. The number of amides is 2. The number of aromatic nitrogens is 2. The van der Waals surface area contributed by atoms with Gasteiger partial charge in [0.1, 0.15) is 0 Å². The van der Waals surface area contributed by atoms with Crippen molar-refractivity contribution in [1.29, 1.82) is 0 Å². The summed E-state index contributed by atoms with van der Waals surface area (Å²) in [4.78, 5) is 16.3. The minimum atomic E-state index is -0.305. The second-order valence-electron chi connectivity index (χ2n) is 5.34. The Labute approximate surface area is 150 Å². The van der Waals surface area contributed by atoms with E-state index in [9.17, 15) is 4.79 Å². The summed E-state index contributed by atoms with van der Waals surface area (Å²) in [5.41, 5.74) is 2.35. The molecular weight excluding hydrogens is 340 g/mol. The summed E-state index contributed by atoms with van der Waals surface area (Å²) in [5.74, 6) is 1.13. The van der Waals surface area contributed by atoms with E-state index in [1.54, 1.807) is 18.2 Å². The van der Waals surface area contributed by atoms with Crippen LogP contribution in [-0.4, -0.2) is 16.2 Å². The molecule has 0 fully saturated rings. The lowest BCUT2D eigenvalue weighted by atomic mass is 10.2. The van der Waals surface area contributed by atoms with Crippen molar-refractivity contribution in [3.8, 4) is 11.4 Å². The molecule has 3 aromatic rings. The van der Waals surface area contributed by atoms with Gasteiger partial charge in [0.25, 0.3) is 0 Å². The first-order valence-electron chi connectivity index (χ1n) is 7.87. The Bertz CT molecular complexity index is 862. The Morgan fingerprint density at radius 3 is 2.60 bits per heavy atom. The quantitative estimate of drug-likeness (QED) is 0.715. The Kier molecular flexibility index (Phi) is 5.30. The molecular formula is C18H17ClN4O2. The lowest BCUT2D eigenvalue weighted by Crippen LogP contribution is -2.28. The molecule has 0 atom stereocenters. The minimum absolute atomic E-state index is 0.305. The van der Waals surface area contributed by atoms with Crippen LogP contribution in [0.2, 0.25) is 5.02 Å². The van der Waals surface area contributed by atoms with Crippen molar-refractivity contribution in [3.05, 3.63) is 65.0 Å². The monoisotopic (exact) mass is 356 g/mol. The van der Waals surface area contributed by atoms with Gasteiger partial charge in [-0.15, -0.1) is 0 Å². The van der Waals surface area contributed by atoms with Crippen LogP contribution in [0.4, 0.5) is 10.5 Å². The molecule has 0 spiro atoms. The molecule has 0 unspecified atom stereocenters. The van der Waals surface area contributed by atoms with Gasteiger partial charge in [0.05, 0.1) is 0 Å². The zero-order chi connectivity index (χ0) is 17.6. The Hall–Kier alpha value is -2.86. The average molecular weight is 357 g/mol. The number of carbonyl (C=O) groups is 1. The summed E-state index contributed by atoms with van der Waals surface area (Å²) < 4.78 is 5.09. The molecule has 0 aliphatic rings. The molecule has 0 saturated carbocycles. The van der Waals surface area contributed by atoms with Gasteiger partial charge in [-0.1, -0.05) is 41.9 Å². The van der Waals surface area contributed by atoms with Gasteiger partial charge in [0.2, 0.25) is 11.7 Å². The molecule has 2 aromatic carbocycles. The molecule has 3 rings (SSSR count). The molecule has 6 nitrogen and oxygen atoms in total. The number of hydrogen-bond acceptors (Lipinski definition) is 4. The number of halogens is 1. The van der Waals surface area contributed by atoms with Gasteiger partial charge in [-0.3, -0.25) is 0 Å². The van der Waals surface area contributed by atoms with Crippen molar-refractivity contribution in [2.24, 2.45) is 0 Å². The highest BCUT2D eigenvalue weighted by atomic mass is 35.5. The third kappa shape index (κ3) is 4.36. The summed E-state index contributed by atoms with van der Waals surface area (Å²) in [6.45, 7) is 2.30. The number of hydrogen-bond donors (Lipinski definition) is 2. The lowest BCUT2D eigenvalue weighted by Gasteiger charge is -2.09. The number of rotatable bonds is 5. The predicted molar refractivity (Wildman–Crippen MR) is 96.4 cm³/mol. The normalized spacial score (nSPS) is 10.5. The topological polar surface area (TPSA) is 80.0 Å². The van der Waals surface area contributed by atoms with Crippen LogP contribution >= 0.6 is 11.6 Å². The van der Waals surface area contributed by atoms with Crippen molar-refractivity contribution in [2.75, 3.05) is 5.32 Å². The van der Waals surface area contributed by atoms with Gasteiger partial charge in [0, 0.05) is 29.2 Å². The average Bonchev–Trinajstić information content (AvgIpc) is 3.11. The Morgan fingerprint density at radius 1 is 1.16 bits per heavy atom. The van der Waals surface area contributed by atoms with Crippen LogP contribution in [0.3, 0.4) is 0 Å². The van der Waals surface area contributed by atoms with Crippen LogP contribution in [0.25, 0.3) is 11.4 Å². The van der Waals surface area contributed by atoms with E-state index < -0.39 is 0 Å². The molecule has 25 heavy (non-hydrogen) atoms. The first-order chi connectivity index (χ1) is 12.2. The van der Waals surface area contributed by atoms with E-state index in [2.05, 4.69) is 20.8 Å². The molecule has 1 aromatic heterocycles. The van der Waals surface area contributed by atoms with Crippen LogP contribution in [-0.2, 0) is 13.0 Å². The smallest absolute Gasteiger partial charge is 0.319 e. The molecule has 0 aliphatic heterocycles. The highest BCUT2D eigenvalue weighted by Gasteiger charge is 2.08. The zero-order valence-corrected chi connectivity index (χ0v) is 14.4. The van der Waals surface area contributed by atoms with E-state index in [4.69, 9.17) is 16.1 Å². The first-order valence-corrected chi connectivity index (χ1v) is 8.25. The Balaban J connectivity index is 1.57. The number of carbonyl (C=O) groups excluding carboxylic acids is 1. The maximum absolute atomic E-state index is 12.0. The van der Waals surface area contributed by atoms with E-state index in [1.165, 1.54) is 0 Å². The second-order valence-corrected chi connectivity index (χ2v) is 5.75. The van der Waals surface area contributed by atoms with Crippen molar-refractivity contribution in [3.63, 3.8) is 0 Å². The molecule has 0 bridgehead atoms. The first kappa shape index (κ1) is 17.0. The summed E-state index contributed by atoms with van der Waals surface area (Å²) in [6.07, 6.45) is 0.693. The molecule has 128 valence electrons. The van der Waals surface area contributed by atoms with Gasteiger partial charge in [-0.2, -0.15) is 4.98 Å². The molecule has 0 radical (unpaired) electrons. The molecule has 1 heterocycles. The number of anilines is 1. The number of aryl methyl sites for hydroxylation is 1. The number of nitrogens with one attached hydrogen (secondary N) is 2. The van der Waals surface area contributed by atoms with E-state index in [-0.39, 0.29) is 6.03 Å². The summed E-state index contributed by atoms with van der Waals surface area (Å²) >= 11 is 6.06. The van der Waals surface area contributed by atoms with Crippen LogP contribution in [0.5, 0.6) is 0 Å². The van der Waals surface area contributed by atoms with Gasteiger partial charge in [-0.25, -0.2) is 4.79 Å². The van der Waals surface area contributed by atoms with Gasteiger partial charge < -0.3 is 15.2 Å². The summed E-state index contributed by atoms with van der Waals surface area (Å²) in [5, 5.41) is 10.1. The number of benzene rings is 2. The molecule has 2 N–H and O–H groups in total. The SMILES string of the molecule is CCc1nc(-c2ccc(NC(=O)NCc3ccccc3Cl)cc2)no1. The minimum Gasteiger partial charge on any atom is -0.339 e. The van der Waals surface area contributed by atoms with Gasteiger partial charge >= 0.3 is 6.03 Å². The largest absolute Gasteiger partial charge is 0.339 e. The van der Waals surface area contributed by atoms with Gasteiger partial charge in [0.15, 0.2) is 0 Å². The highest BCUT2D eigenvalue weighted by Crippen LogP contribution is 2.19. The van der Waals surface area contributed by atoms with Crippen LogP contribution in [0.1, 0.15) is 18.4 Å². The summed E-state index contributed by atoms with van der Waals surface area (Å²) in [7, 11) is 0. The van der Waals surface area contributed by atoms with Crippen LogP contribution < -0.4 is 10.6 Å². The van der Waals surface area contributed by atoms with Crippen molar-refractivity contribution in [2.45, 2.75) is 19.9 Å². The summed E-state index contributed by atoms with van der Waals surface area (Å²) in [6, 6.07) is 14.3. The second kappa shape index (κ2) is 7.81. The lowest BCUT2D eigenvalue weighted by molar-refractivity contribution is 0.251. The molecule has 2 amide bonds. The Morgan fingerprint density at radius 2 is 1.92 bits per heavy atom. The highest BCUT2D eigenvalue weighted by molar-refractivity contribution is 6.31. The number of nitrogens with zero attached hydrogens (tertiary/aromatic N) is 2. The van der Waals surface area contributed by atoms with E-state index >= 15 is 0 Å². The van der Waals surface area contributed by atoms with Crippen molar-refractivity contribution >= 4 is 23.3 Å². The van der Waals surface area contributed by atoms with E-state index in [1.807, 2.05) is 37.3 Å². The maximum Gasteiger partial charge on any atom is 0.319 e.